The maximum atomic E-state index is 4.72. The fourth-order valence-electron chi connectivity index (χ4n) is 1.46. The van der Waals surface area contributed by atoms with Crippen molar-refractivity contribution in [3.63, 3.8) is 0 Å². The summed E-state index contributed by atoms with van der Waals surface area (Å²) in [6.07, 6.45) is 14.4. The molecule has 0 radical (unpaired) electrons. The van der Waals surface area contributed by atoms with Crippen LogP contribution in [0.15, 0.2) is 11.5 Å². The van der Waals surface area contributed by atoms with Crippen molar-refractivity contribution in [2.75, 3.05) is 0 Å². The van der Waals surface area contributed by atoms with Gasteiger partial charge in [0.05, 0.1) is 0 Å². The molecule has 0 saturated heterocycles. The molecule has 0 amide bonds. The molecule has 0 aliphatic heterocycles. The molecule has 0 aliphatic rings. The van der Waals surface area contributed by atoms with Gasteiger partial charge in [0.1, 0.15) is 0 Å². The van der Waals surface area contributed by atoms with Gasteiger partial charge in [-0.1, -0.05) is 51.9 Å². The first-order valence-electron chi connectivity index (χ1n) is 5.68. The molecule has 0 aromatic carbocycles. The van der Waals surface area contributed by atoms with Crippen LogP contribution in [0.25, 0.3) is 0 Å². The van der Waals surface area contributed by atoms with Crippen LogP contribution in [-0.2, 0) is 12.6 Å². The van der Waals surface area contributed by atoms with E-state index in [2.05, 4.69) is 13.0 Å². The van der Waals surface area contributed by atoms with Crippen molar-refractivity contribution < 1.29 is 29.6 Å². The molecule has 0 unspecified atom stereocenters. The zero-order valence-corrected chi connectivity index (χ0v) is 12.7. The minimum Gasteiger partial charge on any atom is -0.788 e. The van der Waals surface area contributed by atoms with E-state index in [-0.39, 0.29) is 29.6 Å². The molecule has 14 heavy (non-hydrogen) atoms. The second-order valence-electron chi connectivity index (χ2n) is 3.64. The first kappa shape index (κ1) is 17.4. The first-order valence-corrected chi connectivity index (χ1v) is 6.16. The molecular weight excluding hydrogens is 199 g/mol. The number of rotatable bonds is 9. The molecule has 0 rings (SSSR count). The van der Waals surface area contributed by atoms with Crippen molar-refractivity contribution in [3.05, 3.63) is 11.5 Å². The molecule has 0 heterocycles. The van der Waals surface area contributed by atoms with Crippen LogP contribution in [0.2, 0.25) is 0 Å². The van der Waals surface area contributed by atoms with Gasteiger partial charge in [-0.05, 0) is 12.8 Å². The minimum absolute atomic E-state index is 0. The normalized spacial score (nSPS) is 10.4. The van der Waals surface area contributed by atoms with Crippen LogP contribution < -0.4 is 29.6 Å². The van der Waals surface area contributed by atoms with Gasteiger partial charge in [-0.15, -0.1) is 6.08 Å². The standard InChI is InChI=1S/C12H24S.Na/c1-2-3-4-5-6-7-8-9-10-11-12-13;/h11-13H,2-10H2,1H3;/q;+1/p-1. The van der Waals surface area contributed by atoms with Crippen LogP contribution >= 0.6 is 0 Å². The van der Waals surface area contributed by atoms with Crippen LogP contribution in [0.1, 0.15) is 64.7 Å². The largest absolute Gasteiger partial charge is 1.00 e. The van der Waals surface area contributed by atoms with Gasteiger partial charge in [0.2, 0.25) is 0 Å². The predicted molar refractivity (Wildman–Crippen MR) is 63.7 cm³/mol. The van der Waals surface area contributed by atoms with Crippen LogP contribution in [-0.4, -0.2) is 0 Å². The molecule has 0 fully saturated rings. The maximum Gasteiger partial charge on any atom is 1.00 e. The monoisotopic (exact) mass is 222 g/mol. The summed E-state index contributed by atoms with van der Waals surface area (Å²) in [4.78, 5) is 0. The van der Waals surface area contributed by atoms with Crippen LogP contribution in [0, 0.1) is 0 Å². The molecule has 0 saturated carbocycles. The van der Waals surface area contributed by atoms with Crippen LogP contribution in [0.4, 0.5) is 0 Å². The van der Waals surface area contributed by atoms with Gasteiger partial charge in [0, 0.05) is 0 Å². The van der Waals surface area contributed by atoms with E-state index in [9.17, 15) is 0 Å². The zero-order chi connectivity index (χ0) is 9.78. The molecule has 2 heteroatoms. The van der Waals surface area contributed by atoms with E-state index in [0.29, 0.717) is 0 Å². The van der Waals surface area contributed by atoms with E-state index in [4.69, 9.17) is 12.6 Å². The molecule has 0 aromatic rings. The summed E-state index contributed by atoms with van der Waals surface area (Å²) in [5, 5.41) is 1.74. The Kier molecular flexibility index (Phi) is 20.3. The molecule has 0 N–H and O–H groups in total. The quantitative estimate of drug-likeness (QED) is 0.324. The second kappa shape index (κ2) is 16.4. The number of hydrogen-bond acceptors (Lipinski definition) is 1. The summed E-state index contributed by atoms with van der Waals surface area (Å²) < 4.78 is 0. The Morgan fingerprint density at radius 2 is 1.36 bits per heavy atom. The fourth-order valence-corrected chi connectivity index (χ4v) is 1.60. The topological polar surface area (TPSA) is 0 Å². The van der Waals surface area contributed by atoms with Crippen molar-refractivity contribution in [1.29, 1.82) is 0 Å². The Morgan fingerprint density at radius 1 is 0.857 bits per heavy atom. The summed E-state index contributed by atoms with van der Waals surface area (Å²) >= 11 is 4.72. The number of hydrogen-bond donors (Lipinski definition) is 0. The second-order valence-corrected chi connectivity index (χ2v) is 3.91. The van der Waals surface area contributed by atoms with E-state index in [1.807, 2.05) is 0 Å². The van der Waals surface area contributed by atoms with E-state index in [0.717, 1.165) is 0 Å². The third-order valence-electron chi connectivity index (χ3n) is 2.32. The average Bonchev–Trinajstić information content (AvgIpc) is 2.16. The Hall–Kier alpha value is 0.960. The molecular formula is C12H23NaS. The van der Waals surface area contributed by atoms with Gasteiger partial charge in [0.15, 0.2) is 0 Å². The smallest absolute Gasteiger partial charge is 0.788 e. The summed E-state index contributed by atoms with van der Waals surface area (Å²) in [6.45, 7) is 2.27. The third-order valence-corrected chi connectivity index (χ3v) is 2.51. The van der Waals surface area contributed by atoms with E-state index < -0.39 is 0 Å². The predicted octanol–water partition coefficient (Wildman–Crippen LogP) is 1.58. The minimum atomic E-state index is 0. The maximum absolute atomic E-state index is 4.72. The Bertz CT molecular complexity index is 113. The third kappa shape index (κ3) is 15.4. The molecule has 0 nitrogen and oxygen atoms in total. The molecule has 0 bridgehead atoms. The van der Waals surface area contributed by atoms with Gasteiger partial charge in [0.25, 0.3) is 0 Å². The van der Waals surface area contributed by atoms with Gasteiger partial charge >= 0.3 is 29.6 Å². The van der Waals surface area contributed by atoms with Gasteiger partial charge in [-0.3, -0.25) is 0 Å². The average molecular weight is 222 g/mol. The number of unbranched alkanes of at least 4 members (excludes halogenated alkanes) is 8. The van der Waals surface area contributed by atoms with Crippen molar-refractivity contribution >= 4 is 12.6 Å². The summed E-state index contributed by atoms with van der Waals surface area (Å²) in [7, 11) is 0. The Morgan fingerprint density at radius 3 is 1.86 bits per heavy atom. The number of allylic oxidation sites excluding steroid dienone is 1. The zero-order valence-electron chi connectivity index (χ0n) is 9.93. The van der Waals surface area contributed by atoms with Gasteiger partial charge in [-0.2, -0.15) is 0 Å². The van der Waals surface area contributed by atoms with E-state index >= 15 is 0 Å². The Labute approximate surface area is 118 Å². The summed E-state index contributed by atoms with van der Waals surface area (Å²) in [6, 6.07) is 0. The molecule has 78 valence electrons. The van der Waals surface area contributed by atoms with Crippen molar-refractivity contribution in [1.82, 2.24) is 0 Å². The van der Waals surface area contributed by atoms with Gasteiger partial charge in [-0.25, -0.2) is 5.41 Å². The molecule has 0 atom stereocenters. The van der Waals surface area contributed by atoms with E-state index in [1.165, 1.54) is 57.8 Å². The van der Waals surface area contributed by atoms with Crippen molar-refractivity contribution in [3.8, 4) is 0 Å². The van der Waals surface area contributed by atoms with Crippen molar-refractivity contribution in [2.24, 2.45) is 0 Å². The van der Waals surface area contributed by atoms with Crippen LogP contribution in [0.5, 0.6) is 0 Å². The van der Waals surface area contributed by atoms with E-state index in [1.54, 1.807) is 5.41 Å². The Balaban J connectivity index is 0. The summed E-state index contributed by atoms with van der Waals surface area (Å²) in [5.74, 6) is 0. The molecule has 0 aliphatic carbocycles. The van der Waals surface area contributed by atoms with Crippen molar-refractivity contribution in [2.45, 2.75) is 64.7 Å². The SMILES string of the molecule is CCCCCCCCCCC=C[S-].[Na+]. The van der Waals surface area contributed by atoms with Crippen LogP contribution in [0.3, 0.4) is 0 Å². The van der Waals surface area contributed by atoms with Gasteiger partial charge < -0.3 is 12.6 Å². The summed E-state index contributed by atoms with van der Waals surface area (Å²) in [5.41, 5.74) is 0. The first-order chi connectivity index (χ1) is 6.41. The fraction of sp³-hybridized carbons (Fsp3) is 0.833. The molecule has 0 aromatic heterocycles. The molecule has 0 spiro atoms.